The zero-order valence-corrected chi connectivity index (χ0v) is 16.4. The van der Waals surface area contributed by atoms with Crippen molar-refractivity contribution < 1.29 is 13.5 Å². The van der Waals surface area contributed by atoms with Crippen molar-refractivity contribution in [1.29, 1.82) is 5.41 Å². The van der Waals surface area contributed by atoms with Crippen molar-refractivity contribution in [2.45, 2.75) is 31.6 Å². The summed E-state index contributed by atoms with van der Waals surface area (Å²) in [5, 5.41) is 9.13. The lowest BCUT2D eigenvalue weighted by Gasteiger charge is -2.33. The van der Waals surface area contributed by atoms with E-state index < -0.39 is 6.43 Å². The molecule has 1 aliphatic rings. The van der Waals surface area contributed by atoms with E-state index in [1.54, 1.807) is 25.3 Å². The fraction of sp³-hybridized carbons (Fsp3) is 0.333. The zero-order valence-electron chi connectivity index (χ0n) is 16.4. The van der Waals surface area contributed by atoms with Gasteiger partial charge in [-0.15, -0.1) is 0 Å². The average Bonchev–Trinajstić information content (AvgIpc) is 2.67. The summed E-state index contributed by atoms with van der Waals surface area (Å²) in [7, 11) is 1.56. The SMILES string of the molecule is COc1cccc2/c(=N/C(=N)[C@H]3C[C@H](c4ccc(CC(F)F)cn4)C3)[nH]c(N)nc12. The first-order chi connectivity index (χ1) is 14.4. The number of amidine groups is 1. The zero-order chi connectivity index (χ0) is 21.3. The molecule has 2 heterocycles. The summed E-state index contributed by atoms with van der Waals surface area (Å²) < 4.78 is 30.3. The number of H-pyrrole nitrogens is 1. The number of nitrogens with one attached hydrogen (secondary N) is 2. The molecule has 2 aromatic heterocycles. The van der Waals surface area contributed by atoms with E-state index >= 15 is 0 Å². The molecule has 1 saturated carbocycles. The van der Waals surface area contributed by atoms with Crippen molar-refractivity contribution in [3.8, 4) is 5.75 Å². The minimum Gasteiger partial charge on any atom is -0.494 e. The number of nitrogens with zero attached hydrogens (tertiary/aromatic N) is 3. The fourth-order valence-electron chi connectivity index (χ4n) is 3.69. The highest BCUT2D eigenvalue weighted by Gasteiger charge is 2.34. The summed E-state index contributed by atoms with van der Waals surface area (Å²) in [4.78, 5) is 16.0. The van der Waals surface area contributed by atoms with Gasteiger partial charge in [-0.05, 0) is 36.6 Å². The Hall–Kier alpha value is -3.36. The molecule has 0 bridgehead atoms. The molecule has 7 nitrogen and oxygen atoms in total. The van der Waals surface area contributed by atoms with Crippen LogP contribution in [0.5, 0.6) is 5.75 Å². The Labute approximate surface area is 171 Å². The molecule has 0 amide bonds. The Morgan fingerprint density at radius 3 is 2.80 bits per heavy atom. The minimum atomic E-state index is -2.37. The molecule has 30 heavy (non-hydrogen) atoms. The topological polar surface area (TPSA) is 113 Å². The number of benzene rings is 1. The summed E-state index contributed by atoms with van der Waals surface area (Å²) in [5.41, 5.74) is 8.33. The van der Waals surface area contributed by atoms with Crippen molar-refractivity contribution in [1.82, 2.24) is 15.0 Å². The second kappa shape index (κ2) is 8.17. The van der Waals surface area contributed by atoms with Crippen LogP contribution in [-0.2, 0) is 6.42 Å². The van der Waals surface area contributed by atoms with Gasteiger partial charge in [0.15, 0.2) is 5.95 Å². The van der Waals surface area contributed by atoms with Crippen molar-refractivity contribution >= 4 is 22.7 Å². The van der Waals surface area contributed by atoms with Crippen LogP contribution < -0.4 is 16.0 Å². The van der Waals surface area contributed by atoms with Crippen LogP contribution in [0.3, 0.4) is 0 Å². The van der Waals surface area contributed by atoms with Crippen molar-refractivity contribution in [2.24, 2.45) is 10.9 Å². The normalized spacial score (nSPS) is 19.1. The number of nitrogen functional groups attached to an aromatic ring is 1. The lowest BCUT2D eigenvalue weighted by Crippen LogP contribution is -2.30. The van der Waals surface area contributed by atoms with Crippen LogP contribution in [-0.4, -0.2) is 34.3 Å². The van der Waals surface area contributed by atoms with E-state index in [0.717, 1.165) is 23.9 Å². The molecule has 0 radical (unpaired) electrons. The molecule has 0 unspecified atom stereocenters. The van der Waals surface area contributed by atoms with Gasteiger partial charge in [0.05, 0.1) is 7.11 Å². The van der Waals surface area contributed by atoms with Crippen LogP contribution in [0.15, 0.2) is 41.5 Å². The first kappa shape index (κ1) is 19.9. The van der Waals surface area contributed by atoms with Crippen LogP contribution in [0.1, 0.15) is 30.0 Å². The van der Waals surface area contributed by atoms with Crippen LogP contribution >= 0.6 is 0 Å². The molecule has 156 valence electrons. The molecule has 1 aromatic carbocycles. The van der Waals surface area contributed by atoms with Gasteiger partial charge in [-0.3, -0.25) is 10.4 Å². The molecule has 9 heteroatoms. The summed E-state index contributed by atoms with van der Waals surface area (Å²) in [6.07, 6.45) is 0.340. The highest BCUT2D eigenvalue weighted by atomic mass is 19.3. The predicted molar refractivity (Wildman–Crippen MR) is 110 cm³/mol. The third-order valence-corrected chi connectivity index (χ3v) is 5.37. The van der Waals surface area contributed by atoms with Gasteiger partial charge in [0, 0.05) is 35.5 Å². The lowest BCUT2D eigenvalue weighted by atomic mass is 9.72. The number of ether oxygens (including phenoxy) is 1. The van der Waals surface area contributed by atoms with Gasteiger partial charge >= 0.3 is 0 Å². The van der Waals surface area contributed by atoms with Crippen molar-refractivity contribution in [3.05, 3.63) is 53.3 Å². The van der Waals surface area contributed by atoms with Gasteiger partial charge in [-0.2, -0.15) is 0 Å². The number of rotatable bonds is 5. The third-order valence-electron chi connectivity index (χ3n) is 5.37. The monoisotopic (exact) mass is 412 g/mol. The largest absolute Gasteiger partial charge is 0.494 e. The molecule has 1 aliphatic carbocycles. The first-order valence-corrected chi connectivity index (χ1v) is 9.63. The molecular formula is C21H22F2N6O. The second-order valence-electron chi connectivity index (χ2n) is 7.38. The Morgan fingerprint density at radius 1 is 1.33 bits per heavy atom. The van der Waals surface area contributed by atoms with Crippen LogP contribution in [0, 0.1) is 11.3 Å². The van der Waals surface area contributed by atoms with Crippen molar-refractivity contribution in [3.63, 3.8) is 0 Å². The number of hydrogen-bond donors (Lipinski definition) is 3. The molecule has 3 aromatic rings. The van der Waals surface area contributed by atoms with E-state index in [1.165, 1.54) is 6.20 Å². The number of pyridine rings is 1. The van der Waals surface area contributed by atoms with Gasteiger partial charge < -0.3 is 15.5 Å². The molecular weight excluding hydrogens is 390 g/mol. The van der Waals surface area contributed by atoms with E-state index in [1.807, 2.05) is 12.1 Å². The maximum atomic E-state index is 12.5. The van der Waals surface area contributed by atoms with Crippen LogP contribution in [0.2, 0.25) is 0 Å². The van der Waals surface area contributed by atoms with Crippen molar-refractivity contribution in [2.75, 3.05) is 12.8 Å². The first-order valence-electron chi connectivity index (χ1n) is 9.63. The Kier molecular flexibility index (Phi) is 5.43. The van der Waals surface area contributed by atoms with Gasteiger partial charge in [-0.1, -0.05) is 12.1 Å². The number of aromatic amines is 1. The summed E-state index contributed by atoms with van der Waals surface area (Å²) in [6.45, 7) is 0. The summed E-state index contributed by atoms with van der Waals surface area (Å²) >= 11 is 0. The maximum Gasteiger partial charge on any atom is 0.242 e. The van der Waals surface area contributed by atoms with E-state index in [2.05, 4.69) is 19.9 Å². The molecule has 4 rings (SSSR count). The highest BCUT2D eigenvalue weighted by molar-refractivity contribution is 5.87. The summed E-state index contributed by atoms with van der Waals surface area (Å²) in [5.74, 6) is 1.24. The smallest absolute Gasteiger partial charge is 0.242 e. The van der Waals surface area contributed by atoms with Gasteiger partial charge in [0.1, 0.15) is 22.6 Å². The average molecular weight is 412 g/mol. The second-order valence-corrected chi connectivity index (χ2v) is 7.38. The Bertz CT molecular complexity index is 1140. The third kappa shape index (κ3) is 4.00. The molecule has 4 N–H and O–H groups in total. The Morgan fingerprint density at radius 2 is 2.13 bits per heavy atom. The highest BCUT2D eigenvalue weighted by Crippen LogP contribution is 2.41. The number of fused-ring (bicyclic) bond motifs is 1. The predicted octanol–water partition coefficient (Wildman–Crippen LogP) is 3.43. The van der Waals surface area contributed by atoms with E-state index in [4.69, 9.17) is 15.9 Å². The molecule has 0 atom stereocenters. The number of aromatic nitrogens is 3. The van der Waals surface area contributed by atoms with Crippen LogP contribution in [0.4, 0.5) is 14.7 Å². The standard InChI is InChI=1S/C21H22F2N6O/c1-30-16-4-2-3-14-18(16)27-21(25)29-20(14)28-19(24)13-8-12(9-13)15-6-5-11(10-26-15)7-17(22)23/h2-6,10,12-13,17H,7-9H2,1H3,(H4,24,25,27,28,29)/t12-,13-. The minimum absolute atomic E-state index is 0.000915. The van der Waals surface area contributed by atoms with Gasteiger partial charge in [0.25, 0.3) is 0 Å². The molecule has 0 saturated heterocycles. The van der Waals surface area contributed by atoms with E-state index in [0.29, 0.717) is 22.3 Å². The molecule has 0 spiro atoms. The van der Waals surface area contributed by atoms with E-state index in [9.17, 15) is 8.78 Å². The van der Waals surface area contributed by atoms with Crippen LogP contribution in [0.25, 0.3) is 10.9 Å². The number of para-hydroxylation sites is 1. The number of anilines is 1. The summed E-state index contributed by atoms with van der Waals surface area (Å²) in [6, 6.07) is 8.97. The fourth-order valence-corrected chi connectivity index (χ4v) is 3.69. The number of nitrogens with two attached hydrogens (primary N) is 1. The molecule has 0 aliphatic heterocycles. The number of halogens is 2. The number of hydrogen-bond acceptors (Lipinski definition) is 5. The molecule has 1 fully saturated rings. The van der Waals surface area contributed by atoms with E-state index in [-0.39, 0.29) is 30.0 Å². The van der Waals surface area contributed by atoms with Gasteiger partial charge in [-0.25, -0.2) is 18.8 Å². The number of alkyl halides is 2. The lowest BCUT2D eigenvalue weighted by molar-refractivity contribution is 0.149. The van der Waals surface area contributed by atoms with Gasteiger partial charge in [0.2, 0.25) is 6.43 Å². The Balaban J connectivity index is 1.50. The quantitative estimate of drug-likeness (QED) is 0.440. The maximum absolute atomic E-state index is 12.5. The number of methoxy groups -OCH3 is 1.